The molecule has 0 aromatic rings. The van der Waals surface area contributed by atoms with Gasteiger partial charge in [-0.15, -0.1) is 0 Å². The largest absolute Gasteiger partial charge is 0.381 e. The van der Waals surface area contributed by atoms with E-state index in [1.807, 2.05) is 0 Å². The molecule has 2 nitrogen and oxygen atoms in total. The van der Waals surface area contributed by atoms with Gasteiger partial charge in [0.2, 0.25) is 0 Å². The van der Waals surface area contributed by atoms with E-state index in [0.717, 1.165) is 19.6 Å². The quantitative estimate of drug-likeness (QED) is 0.487. The average molecular weight is 125 g/mol. The molecule has 1 rings (SSSR count). The number of nitriles is 1. The van der Waals surface area contributed by atoms with Crippen LogP contribution in [0.5, 0.6) is 0 Å². The number of ether oxygens (including phenoxy) is 1. The predicted molar refractivity (Wildman–Crippen MR) is 33.7 cm³/mol. The Labute approximate surface area is 55.4 Å². The van der Waals surface area contributed by atoms with Crippen molar-refractivity contribution in [1.29, 1.82) is 5.26 Å². The molecule has 1 aliphatic heterocycles. The smallest absolute Gasteiger partial charge is 0.0660 e. The summed E-state index contributed by atoms with van der Waals surface area (Å²) in [5.41, 5.74) is 0. The molecular weight excluding hydrogens is 114 g/mol. The molecule has 2 atom stereocenters. The summed E-state index contributed by atoms with van der Waals surface area (Å²) in [4.78, 5) is 0. The van der Waals surface area contributed by atoms with Crippen LogP contribution in [0.1, 0.15) is 13.3 Å². The summed E-state index contributed by atoms with van der Waals surface area (Å²) in [6.45, 7) is 3.59. The molecule has 0 aliphatic carbocycles. The number of hydrogen-bond acceptors (Lipinski definition) is 2. The number of hydrogen-bond donors (Lipinski definition) is 0. The van der Waals surface area contributed by atoms with E-state index in [0.29, 0.717) is 5.92 Å². The highest BCUT2D eigenvalue weighted by molar-refractivity contribution is 4.87. The first kappa shape index (κ1) is 6.57. The van der Waals surface area contributed by atoms with Crippen molar-refractivity contribution in [1.82, 2.24) is 0 Å². The SMILES string of the molecule is CC1COCCC1C#N. The van der Waals surface area contributed by atoms with Crippen molar-refractivity contribution < 1.29 is 4.74 Å². The molecule has 2 heteroatoms. The molecular formula is C7H11NO. The monoisotopic (exact) mass is 125 g/mol. The Bertz CT molecular complexity index is 127. The molecule has 1 saturated heterocycles. The zero-order valence-corrected chi connectivity index (χ0v) is 5.63. The Morgan fingerprint density at radius 3 is 2.89 bits per heavy atom. The third-order valence-electron chi connectivity index (χ3n) is 1.81. The zero-order valence-electron chi connectivity index (χ0n) is 5.63. The van der Waals surface area contributed by atoms with Gasteiger partial charge in [0.25, 0.3) is 0 Å². The number of nitrogens with zero attached hydrogens (tertiary/aromatic N) is 1. The molecule has 0 radical (unpaired) electrons. The molecule has 0 N–H and O–H groups in total. The normalized spacial score (nSPS) is 35.6. The van der Waals surface area contributed by atoms with Crippen LogP contribution in [0.25, 0.3) is 0 Å². The zero-order chi connectivity index (χ0) is 6.69. The minimum Gasteiger partial charge on any atom is -0.381 e. The second-order valence-electron chi connectivity index (χ2n) is 2.58. The van der Waals surface area contributed by atoms with Crippen molar-refractivity contribution in [2.75, 3.05) is 13.2 Å². The van der Waals surface area contributed by atoms with Crippen LogP contribution in [0.3, 0.4) is 0 Å². The van der Waals surface area contributed by atoms with Gasteiger partial charge in [0, 0.05) is 6.61 Å². The van der Waals surface area contributed by atoms with Gasteiger partial charge in [0.05, 0.1) is 18.6 Å². The topological polar surface area (TPSA) is 33.0 Å². The van der Waals surface area contributed by atoms with Crippen molar-refractivity contribution in [2.24, 2.45) is 11.8 Å². The maximum absolute atomic E-state index is 8.56. The molecule has 0 amide bonds. The summed E-state index contributed by atoms with van der Waals surface area (Å²) in [5, 5.41) is 8.56. The van der Waals surface area contributed by atoms with Gasteiger partial charge < -0.3 is 4.74 Å². The Kier molecular flexibility index (Phi) is 2.07. The van der Waals surface area contributed by atoms with Gasteiger partial charge in [-0.1, -0.05) is 6.92 Å². The van der Waals surface area contributed by atoms with E-state index in [1.54, 1.807) is 0 Å². The predicted octanol–water partition coefficient (Wildman–Crippen LogP) is 1.18. The summed E-state index contributed by atoms with van der Waals surface area (Å²) in [7, 11) is 0. The summed E-state index contributed by atoms with van der Waals surface area (Å²) in [6.07, 6.45) is 0.914. The minimum atomic E-state index is 0.235. The van der Waals surface area contributed by atoms with Gasteiger partial charge in [-0.3, -0.25) is 0 Å². The van der Waals surface area contributed by atoms with Crippen LogP contribution in [0.2, 0.25) is 0 Å². The van der Waals surface area contributed by atoms with Gasteiger partial charge in [-0.05, 0) is 12.3 Å². The second kappa shape index (κ2) is 2.84. The molecule has 0 aromatic carbocycles. The fourth-order valence-electron chi connectivity index (χ4n) is 1.07. The lowest BCUT2D eigenvalue weighted by atomic mass is 9.92. The van der Waals surface area contributed by atoms with E-state index < -0.39 is 0 Å². The molecule has 0 saturated carbocycles. The highest BCUT2D eigenvalue weighted by atomic mass is 16.5. The van der Waals surface area contributed by atoms with E-state index in [-0.39, 0.29) is 5.92 Å². The van der Waals surface area contributed by atoms with Crippen LogP contribution in [-0.4, -0.2) is 13.2 Å². The summed E-state index contributed by atoms with van der Waals surface area (Å²) in [6, 6.07) is 2.27. The molecule has 2 unspecified atom stereocenters. The highest BCUT2D eigenvalue weighted by Crippen LogP contribution is 2.19. The molecule has 0 bridgehead atoms. The Hall–Kier alpha value is -0.550. The molecule has 1 fully saturated rings. The molecule has 9 heavy (non-hydrogen) atoms. The Morgan fingerprint density at radius 1 is 1.67 bits per heavy atom. The molecule has 0 aromatic heterocycles. The molecule has 1 heterocycles. The van der Waals surface area contributed by atoms with Crippen LogP contribution in [0, 0.1) is 23.2 Å². The fraction of sp³-hybridized carbons (Fsp3) is 0.857. The fourth-order valence-corrected chi connectivity index (χ4v) is 1.07. The lowest BCUT2D eigenvalue weighted by molar-refractivity contribution is 0.0408. The van der Waals surface area contributed by atoms with Gasteiger partial charge in [-0.2, -0.15) is 5.26 Å². The molecule has 0 spiro atoms. The van der Waals surface area contributed by atoms with Crippen molar-refractivity contribution in [2.45, 2.75) is 13.3 Å². The maximum atomic E-state index is 8.56. The first-order valence-electron chi connectivity index (χ1n) is 3.32. The van der Waals surface area contributed by atoms with Crippen molar-refractivity contribution in [3.05, 3.63) is 0 Å². The van der Waals surface area contributed by atoms with Crippen molar-refractivity contribution in [3.63, 3.8) is 0 Å². The van der Waals surface area contributed by atoms with Gasteiger partial charge in [-0.25, -0.2) is 0 Å². The lowest BCUT2D eigenvalue weighted by Crippen LogP contribution is -2.23. The average Bonchev–Trinajstić information content (AvgIpc) is 1.89. The van der Waals surface area contributed by atoms with Crippen LogP contribution in [0.15, 0.2) is 0 Å². The summed E-state index contributed by atoms with van der Waals surface area (Å²) < 4.78 is 5.16. The van der Waals surface area contributed by atoms with Crippen LogP contribution in [-0.2, 0) is 4.74 Å². The number of rotatable bonds is 0. The third-order valence-corrected chi connectivity index (χ3v) is 1.81. The van der Waals surface area contributed by atoms with Gasteiger partial charge in [0.1, 0.15) is 0 Å². The van der Waals surface area contributed by atoms with Crippen LogP contribution < -0.4 is 0 Å². The summed E-state index contributed by atoms with van der Waals surface area (Å²) >= 11 is 0. The maximum Gasteiger partial charge on any atom is 0.0660 e. The van der Waals surface area contributed by atoms with Gasteiger partial charge >= 0.3 is 0 Å². The van der Waals surface area contributed by atoms with Crippen molar-refractivity contribution >= 4 is 0 Å². The third kappa shape index (κ3) is 1.43. The van der Waals surface area contributed by atoms with Crippen LogP contribution in [0.4, 0.5) is 0 Å². The Morgan fingerprint density at radius 2 is 2.44 bits per heavy atom. The first-order valence-corrected chi connectivity index (χ1v) is 3.32. The Balaban J connectivity index is 2.41. The van der Waals surface area contributed by atoms with E-state index in [1.165, 1.54) is 0 Å². The second-order valence-corrected chi connectivity index (χ2v) is 2.58. The van der Waals surface area contributed by atoms with E-state index >= 15 is 0 Å². The standard InChI is InChI=1S/C7H11NO/c1-6-5-9-3-2-7(6)4-8/h6-7H,2-3,5H2,1H3. The highest BCUT2D eigenvalue weighted by Gasteiger charge is 2.20. The van der Waals surface area contributed by atoms with E-state index in [2.05, 4.69) is 13.0 Å². The lowest BCUT2D eigenvalue weighted by Gasteiger charge is -2.22. The molecule has 1 aliphatic rings. The van der Waals surface area contributed by atoms with E-state index in [9.17, 15) is 0 Å². The van der Waals surface area contributed by atoms with Gasteiger partial charge in [0.15, 0.2) is 0 Å². The van der Waals surface area contributed by atoms with Crippen LogP contribution >= 0.6 is 0 Å². The molecule has 50 valence electrons. The van der Waals surface area contributed by atoms with E-state index in [4.69, 9.17) is 10.00 Å². The minimum absolute atomic E-state index is 0.235. The first-order chi connectivity index (χ1) is 4.34. The summed E-state index contributed by atoms with van der Waals surface area (Å²) in [5.74, 6) is 0.669. The van der Waals surface area contributed by atoms with Crippen molar-refractivity contribution in [3.8, 4) is 6.07 Å².